The second kappa shape index (κ2) is 8.25. The Labute approximate surface area is 177 Å². The van der Waals surface area contributed by atoms with Gasteiger partial charge in [-0.1, -0.05) is 0 Å². The molecule has 0 aromatic heterocycles. The summed E-state index contributed by atoms with van der Waals surface area (Å²) in [6, 6.07) is 5.46. The summed E-state index contributed by atoms with van der Waals surface area (Å²) in [6.45, 7) is 0.530. The second-order valence-electron chi connectivity index (χ2n) is 5.98. The standard InChI is InChI=1S/C17H9B3ClF3O6/c18-16(19,20)30-14-5-8(29-17(22,23)24)1-2-10(14)28-11-7-13-12(26-3-4-27-13)6-9(11)15(21)25/h1-2,5-7H,3-4H2. The van der Waals surface area contributed by atoms with Crippen LogP contribution in [0.25, 0.3) is 0 Å². The Balaban J connectivity index is 2.01. The Morgan fingerprint density at radius 1 is 0.933 bits per heavy atom. The maximum absolute atomic E-state index is 12.5. The van der Waals surface area contributed by atoms with E-state index in [-0.39, 0.29) is 41.8 Å². The van der Waals surface area contributed by atoms with Gasteiger partial charge in [0, 0.05) is 12.1 Å². The summed E-state index contributed by atoms with van der Waals surface area (Å²) in [6.07, 6.45) is -4.96. The van der Waals surface area contributed by atoms with Crippen molar-refractivity contribution in [1.82, 2.24) is 0 Å². The van der Waals surface area contributed by atoms with E-state index in [0.717, 1.165) is 18.2 Å². The SMILES string of the molecule is [B]C([B])([B])Oc1cc(OC(F)(F)F)ccc1Oc1cc2c(cc1C(=O)Cl)OCCO2. The van der Waals surface area contributed by atoms with Gasteiger partial charge in [0.25, 0.3) is 5.24 Å². The summed E-state index contributed by atoms with van der Waals surface area (Å²) in [4.78, 5) is 11.8. The molecule has 0 bridgehead atoms. The number of fused-ring (bicyclic) bond motifs is 1. The maximum Gasteiger partial charge on any atom is 0.573 e. The van der Waals surface area contributed by atoms with Crippen molar-refractivity contribution in [2.45, 2.75) is 11.7 Å². The number of carbonyl (C=O) groups excluding carboxylic acids is 1. The van der Waals surface area contributed by atoms with Crippen molar-refractivity contribution < 1.29 is 41.7 Å². The number of ether oxygens (including phenoxy) is 5. The summed E-state index contributed by atoms with van der Waals surface area (Å²) < 4.78 is 62.9. The highest BCUT2D eigenvalue weighted by molar-refractivity contribution is 6.68. The van der Waals surface area contributed by atoms with Crippen LogP contribution in [0, 0.1) is 0 Å². The van der Waals surface area contributed by atoms with Crippen LogP contribution in [0.4, 0.5) is 13.2 Å². The van der Waals surface area contributed by atoms with Crippen molar-refractivity contribution in [2.75, 3.05) is 13.2 Å². The topological polar surface area (TPSA) is 63.2 Å². The molecule has 1 heterocycles. The Bertz CT molecular complexity index is 965. The van der Waals surface area contributed by atoms with Crippen LogP contribution in [0.3, 0.4) is 0 Å². The van der Waals surface area contributed by atoms with Crippen LogP contribution in [0.1, 0.15) is 10.4 Å². The molecular formula is C17H9B3ClF3O6. The molecule has 0 unspecified atom stereocenters. The molecule has 13 heteroatoms. The van der Waals surface area contributed by atoms with Gasteiger partial charge in [0.2, 0.25) is 0 Å². The molecule has 0 fully saturated rings. The lowest BCUT2D eigenvalue weighted by atomic mass is 9.52. The van der Waals surface area contributed by atoms with Crippen molar-refractivity contribution in [2.24, 2.45) is 0 Å². The average Bonchev–Trinajstić information content (AvgIpc) is 2.60. The van der Waals surface area contributed by atoms with E-state index in [4.69, 9.17) is 54.1 Å². The summed E-state index contributed by atoms with van der Waals surface area (Å²) in [7, 11) is 16.1. The molecule has 0 N–H and O–H groups in total. The van der Waals surface area contributed by atoms with Gasteiger partial charge in [-0.3, -0.25) is 4.79 Å². The summed E-state index contributed by atoms with van der Waals surface area (Å²) in [5.74, 6) is -0.788. The van der Waals surface area contributed by atoms with Gasteiger partial charge in [0.1, 0.15) is 48.3 Å². The molecule has 3 rings (SSSR count). The zero-order chi connectivity index (χ0) is 22.1. The predicted octanol–water partition coefficient (Wildman–Crippen LogP) is 3.02. The van der Waals surface area contributed by atoms with Crippen molar-refractivity contribution in [1.29, 1.82) is 0 Å². The number of carbonyl (C=O) groups is 1. The van der Waals surface area contributed by atoms with Crippen LogP contribution in [0.5, 0.6) is 34.5 Å². The van der Waals surface area contributed by atoms with Gasteiger partial charge < -0.3 is 23.7 Å². The number of alkyl halides is 3. The van der Waals surface area contributed by atoms with Crippen LogP contribution < -0.4 is 23.7 Å². The number of rotatable bonds is 6. The summed E-state index contributed by atoms with van der Waals surface area (Å²) in [5, 5.41) is -3.14. The molecule has 0 amide bonds. The molecule has 2 aromatic carbocycles. The number of hydrogen-bond acceptors (Lipinski definition) is 6. The van der Waals surface area contributed by atoms with Crippen LogP contribution in [-0.4, -0.2) is 53.7 Å². The molecule has 6 radical (unpaired) electrons. The van der Waals surface area contributed by atoms with Gasteiger partial charge >= 0.3 is 6.36 Å². The van der Waals surface area contributed by atoms with Crippen molar-refractivity contribution >= 4 is 40.4 Å². The molecule has 0 saturated heterocycles. The fourth-order valence-electron chi connectivity index (χ4n) is 2.47. The van der Waals surface area contributed by atoms with Gasteiger partial charge in [-0.2, -0.15) is 0 Å². The fraction of sp³-hybridized carbons (Fsp3) is 0.235. The maximum atomic E-state index is 12.5. The van der Waals surface area contributed by atoms with Gasteiger partial charge in [0.15, 0.2) is 23.0 Å². The van der Waals surface area contributed by atoms with Crippen LogP contribution >= 0.6 is 11.6 Å². The van der Waals surface area contributed by atoms with Crippen molar-refractivity contribution in [3.63, 3.8) is 0 Å². The van der Waals surface area contributed by atoms with E-state index >= 15 is 0 Å². The highest BCUT2D eigenvalue weighted by atomic mass is 35.5. The summed E-state index contributed by atoms with van der Waals surface area (Å²) in [5.41, 5.74) is -0.0954. The molecule has 6 nitrogen and oxygen atoms in total. The highest BCUT2D eigenvalue weighted by Crippen LogP contribution is 2.42. The zero-order valence-electron chi connectivity index (χ0n) is 15.0. The number of hydrogen-bond donors (Lipinski definition) is 0. The van der Waals surface area contributed by atoms with Gasteiger partial charge in [-0.05, 0) is 35.1 Å². The lowest BCUT2D eigenvalue weighted by Gasteiger charge is -2.26. The molecule has 30 heavy (non-hydrogen) atoms. The highest BCUT2D eigenvalue weighted by Gasteiger charge is 2.32. The smallest absolute Gasteiger partial charge is 0.512 e. The third-order valence-corrected chi connectivity index (χ3v) is 3.72. The lowest BCUT2D eigenvalue weighted by Crippen LogP contribution is -2.37. The third kappa shape index (κ3) is 5.72. The first kappa shape index (κ1) is 22.1. The minimum atomic E-state index is -4.96. The number of halogens is 4. The summed E-state index contributed by atoms with van der Waals surface area (Å²) >= 11 is 5.61. The molecule has 1 aliphatic heterocycles. The monoisotopic (exact) mass is 434 g/mol. The molecule has 0 spiro atoms. The first-order chi connectivity index (χ1) is 13.9. The quantitative estimate of drug-likeness (QED) is 0.515. The minimum absolute atomic E-state index is 0.0924. The molecule has 0 saturated carbocycles. The van der Waals surface area contributed by atoms with E-state index in [1.54, 1.807) is 0 Å². The van der Waals surface area contributed by atoms with E-state index in [1.807, 2.05) is 0 Å². The predicted molar refractivity (Wildman–Crippen MR) is 101 cm³/mol. The van der Waals surface area contributed by atoms with Gasteiger partial charge in [0.05, 0.1) is 5.56 Å². The molecule has 1 aliphatic rings. The van der Waals surface area contributed by atoms with E-state index in [2.05, 4.69) is 4.74 Å². The molecule has 0 atom stereocenters. The second-order valence-corrected chi connectivity index (χ2v) is 6.32. The van der Waals surface area contributed by atoms with Crippen LogP contribution in [-0.2, 0) is 0 Å². The molecule has 2 aromatic rings. The average molecular weight is 434 g/mol. The van der Waals surface area contributed by atoms with Crippen LogP contribution in [0.15, 0.2) is 30.3 Å². The van der Waals surface area contributed by atoms with E-state index < -0.39 is 28.4 Å². The van der Waals surface area contributed by atoms with E-state index in [0.29, 0.717) is 0 Å². The number of benzene rings is 2. The Hall–Kier alpha value is -2.62. The normalized spacial score (nSPS) is 13.5. The van der Waals surface area contributed by atoms with Crippen molar-refractivity contribution in [3.05, 3.63) is 35.9 Å². The zero-order valence-corrected chi connectivity index (χ0v) is 15.8. The largest absolute Gasteiger partial charge is 0.573 e. The lowest BCUT2D eigenvalue weighted by molar-refractivity contribution is -0.274. The fourth-order valence-corrected chi connectivity index (χ4v) is 2.61. The van der Waals surface area contributed by atoms with E-state index in [9.17, 15) is 18.0 Å². The van der Waals surface area contributed by atoms with Crippen LogP contribution in [0.2, 0.25) is 0 Å². The molecule has 150 valence electrons. The molecular weight excluding hydrogens is 425 g/mol. The minimum Gasteiger partial charge on any atom is -0.512 e. The Morgan fingerprint density at radius 2 is 1.57 bits per heavy atom. The first-order valence-corrected chi connectivity index (χ1v) is 8.56. The molecule has 0 aliphatic carbocycles. The third-order valence-electron chi connectivity index (χ3n) is 3.51. The van der Waals surface area contributed by atoms with Gasteiger partial charge in [-0.25, -0.2) is 0 Å². The van der Waals surface area contributed by atoms with Gasteiger partial charge in [-0.15, -0.1) is 13.2 Å². The van der Waals surface area contributed by atoms with Crippen molar-refractivity contribution in [3.8, 4) is 34.5 Å². The van der Waals surface area contributed by atoms with E-state index in [1.165, 1.54) is 12.1 Å². The Kier molecular flexibility index (Phi) is 6.07. The Morgan fingerprint density at radius 3 is 2.13 bits per heavy atom. The first-order valence-electron chi connectivity index (χ1n) is 8.18.